The van der Waals surface area contributed by atoms with Crippen molar-refractivity contribution in [1.82, 2.24) is 5.32 Å². The molecule has 0 radical (unpaired) electrons. The number of ether oxygens (including phenoxy) is 1. The minimum atomic E-state index is 0.465. The van der Waals surface area contributed by atoms with Gasteiger partial charge in [0.05, 0.1) is 6.10 Å². The fourth-order valence-electron chi connectivity index (χ4n) is 1.60. The first kappa shape index (κ1) is 9.01. The van der Waals surface area contributed by atoms with Gasteiger partial charge in [-0.3, -0.25) is 0 Å². The van der Waals surface area contributed by atoms with E-state index in [-0.39, 0.29) is 0 Å². The first-order valence-electron chi connectivity index (χ1n) is 4.59. The third kappa shape index (κ3) is 2.46. The molecule has 0 unspecified atom stereocenters. The number of hydrogen-bond acceptors (Lipinski definition) is 2. The van der Waals surface area contributed by atoms with Crippen molar-refractivity contribution in [2.75, 3.05) is 13.2 Å². The monoisotopic (exact) mass is 157 g/mol. The Balaban J connectivity index is 2.23. The van der Waals surface area contributed by atoms with Crippen LogP contribution in [0.1, 0.15) is 27.2 Å². The third-order valence-electron chi connectivity index (χ3n) is 2.33. The van der Waals surface area contributed by atoms with Crippen LogP contribution < -0.4 is 5.32 Å². The first-order valence-corrected chi connectivity index (χ1v) is 4.59. The molecular weight excluding hydrogens is 138 g/mol. The molecule has 0 amide bonds. The van der Waals surface area contributed by atoms with Crippen LogP contribution >= 0.6 is 0 Å². The number of nitrogens with one attached hydrogen (secondary N) is 1. The maximum absolute atomic E-state index is 5.52. The average Bonchev–Trinajstić information content (AvgIpc) is 2.37. The second kappa shape index (κ2) is 4.07. The summed E-state index contributed by atoms with van der Waals surface area (Å²) >= 11 is 0. The molecule has 0 spiro atoms. The van der Waals surface area contributed by atoms with E-state index >= 15 is 0 Å². The Hall–Kier alpha value is -0.0800. The molecule has 1 heterocycles. The summed E-state index contributed by atoms with van der Waals surface area (Å²) in [4.78, 5) is 0. The molecule has 2 heteroatoms. The summed E-state index contributed by atoms with van der Waals surface area (Å²) in [5.74, 6) is 0.737. The van der Waals surface area contributed by atoms with Crippen molar-refractivity contribution in [1.29, 1.82) is 0 Å². The highest BCUT2D eigenvalue weighted by atomic mass is 16.5. The van der Waals surface area contributed by atoms with Crippen molar-refractivity contribution < 1.29 is 4.74 Å². The highest BCUT2D eigenvalue weighted by Crippen LogP contribution is 2.16. The summed E-state index contributed by atoms with van der Waals surface area (Å²) in [6, 6.07) is 0.673. The summed E-state index contributed by atoms with van der Waals surface area (Å²) in [5.41, 5.74) is 0. The zero-order valence-corrected chi connectivity index (χ0v) is 7.76. The van der Waals surface area contributed by atoms with Gasteiger partial charge in [-0.1, -0.05) is 13.8 Å². The summed E-state index contributed by atoms with van der Waals surface area (Å²) in [6.45, 7) is 8.45. The molecule has 0 aromatic carbocycles. The van der Waals surface area contributed by atoms with Crippen LogP contribution in [0, 0.1) is 5.92 Å². The van der Waals surface area contributed by atoms with E-state index < -0.39 is 0 Å². The normalized spacial score (nSPS) is 31.6. The lowest BCUT2D eigenvalue weighted by Gasteiger charge is -2.13. The van der Waals surface area contributed by atoms with Crippen molar-refractivity contribution >= 4 is 0 Å². The highest BCUT2D eigenvalue weighted by Gasteiger charge is 2.25. The number of hydrogen-bond donors (Lipinski definition) is 1. The molecule has 1 saturated heterocycles. The molecular formula is C9H19NO. The molecule has 0 aromatic heterocycles. The van der Waals surface area contributed by atoms with E-state index in [0.29, 0.717) is 12.1 Å². The lowest BCUT2D eigenvalue weighted by molar-refractivity contribution is 0.0747. The molecule has 2 atom stereocenters. The van der Waals surface area contributed by atoms with E-state index in [9.17, 15) is 0 Å². The summed E-state index contributed by atoms with van der Waals surface area (Å²) < 4.78 is 5.52. The molecule has 11 heavy (non-hydrogen) atoms. The lowest BCUT2D eigenvalue weighted by atomic mass is 10.0. The Labute approximate surface area is 69.3 Å². The molecule has 0 saturated carbocycles. The largest absolute Gasteiger partial charge is 0.377 e. The second-order valence-electron chi connectivity index (χ2n) is 3.57. The van der Waals surface area contributed by atoms with Crippen molar-refractivity contribution in [2.24, 2.45) is 5.92 Å². The Bertz CT molecular complexity index is 114. The SMILES string of the molecule is CCO[C@@H]1CN[C@@H](C(C)C)C1. The van der Waals surface area contributed by atoms with Crippen LogP contribution in [0.2, 0.25) is 0 Å². The molecule has 1 N–H and O–H groups in total. The van der Waals surface area contributed by atoms with Gasteiger partial charge in [-0.2, -0.15) is 0 Å². The maximum Gasteiger partial charge on any atom is 0.0714 e. The van der Waals surface area contributed by atoms with Gasteiger partial charge in [0, 0.05) is 19.2 Å². The molecule has 0 bridgehead atoms. The van der Waals surface area contributed by atoms with Gasteiger partial charge in [-0.05, 0) is 19.3 Å². The smallest absolute Gasteiger partial charge is 0.0714 e. The maximum atomic E-state index is 5.52. The quantitative estimate of drug-likeness (QED) is 0.669. The third-order valence-corrected chi connectivity index (χ3v) is 2.33. The van der Waals surface area contributed by atoms with Crippen LogP contribution in [-0.2, 0) is 4.74 Å². The summed E-state index contributed by atoms with van der Waals surface area (Å²) in [6.07, 6.45) is 1.65. The molecule has 2 nitrogen and oxygen atoms in total. The van der Waals surface area contributed by atoms with Gasteiger partial charge in [0.1, 0.15) is 0 Å². The van der Waals surface area contributed by atoms with Gasteiger partial charge >= 0.3 is 0 Å². The molecule has 1 aliphatic rings. The standard InChI is InChI=1S/C9H19NO/c1-4-11-8-5-9(7(2)3)10-6-8/h7-10H,4-6H2,1-3H3/t8-,9+/m0/s1. The molecule has 0 aromatic rings. The first-order chi connectivity index (χ1) is 5.24. The predicted molar refractivity (Wildman–Crippen MR) is 46.7 cm³/mol. The van der Waals surface area contributed by atoms with Crippen LogP contribution in [0.4, 0.5) is 0 Å². The molecule has 1 aliphatic heterocycles. The van der Waals surface area contributed by atoms with Gasteiger partial charge in [0.2, 0.25) is 0 Å². The fraction of sp³-hybridized carbons (Fsp3) is 1.00. The van der Waals surface area contributed by atoms with E-state index in [1.165, 1.54) is 6.42 Å². The Kier molecular flexibility index (Phi) is 3.34. The lowest BCUT2D eigenvalue weighted by Crippen LogP contribution is -2.26. The van der Waals surface area contributed by atoms with E-state index in [0.717, 1.165) is 19.1 Å². The molecule has 66 valence electrons. The fourth-order valence-corrected chi connectivity index (χ4v) is 1.60. The van der Waals surface area contributed by atoms with E-state index in [4.69, 9.17) is 4.74 Å². The molecule has 0 aliphatic carbocycles. The molecule has 1 rings (SSSR count). The van der Waals surface area contributed by atoms with Gasteiger partial charge in [0.25, 0.3) is 0 Å². The zero-order chi connectivity index (χ0) is 8.27. The minimum absolute atomic E-state index is 0.465. The summed E-state index contributed by atoms with van der Waals surface area (Å²) in [7, 11) is 0. The van der Waals surface area contributed by atoms with Crippen molar-refractivity contribution in [3.63, 3.8) is 0 Å². The van der Waals surface area contributed by atoms with Crippen LogP contribution in [0.3, 0.4) is 0 Å². The Morgan fingerprint density at radius 1 is 1.55 bits per heavy atom. The Morgan fingerprint density at radius 2 is 2.27 bits per heavy atom. The summed E-state index contributed by atoms with van der Waals surface area (Å²) in [5, 5.41) is 3.47. The van der Waals surface area contributed by atoms with Crippen LogP contribution in [0.25, 0.3) is 0 Å². The van der Waals surface area contributed by atoms with Gasteiger partial charge in [-0.15, -0.1) is 0 Å². The van der Waals surface area contributed by atoms with Crippen LogP contribution in [0.15, 0.2) is 0 Å². The zero-order valence-electron chi connectivity index (χ0n) is 7.76. The second-order valence-corrected chi connectivity index (χ2v) is 3.57. The minimum Gasteiger partial charge on any atom is -0.377 e. The molecule has 1 fully saturated rings. The van der Waals surface area contributed by atoms with Crippen molar-refractivity contribution in [3.05, 3.63) is 0 Å². The topological polar surface area (TPSA) is 21.3 Å². The highest BCUT2D eigenvalue weighted by molar-refractivity contribution is 4.83. The predicted octanol–water partition coefficient (Wildman–Crippen LogP) is 1.41. The van der Waals surface area contributed by atoms with Crippen LogP contribution in [0.5, 0.6) is 0 Å². The van der Waals surface area contributed by atoms with Crippen molar-refractivity contribution in [3.8, 4) is 0 Å². The van der Waals surface area contributed by atoms with Gasteiger partial charge < -0.3 is 10.1 Å². The Morgan fingerprint density at radius 3 is 2.73 bits per heavy atom. The van der Waals surface area contributed by atoms with Gasteiger partial charge in [0.15, 0.2) is 0 Å². The van der Waals surface area contributed by atoms with Gasteiger partial charge in [-0.25, -0.2) is 0 Å². The van der Waals surface area contributed by atoms with E-state index in [2.05, 4.69) is 26.1 Å². The average molecular weight is 157 g/mol. The van der Waals surface area contributed by atoms with E-state index in [1.807, 2.05) is 0 Å². The van der Waals surface area contributed by atoms with Crippen LogP contribution in [-0.4, -0.2) is 25.3 Å². The number of rotatable bonds is 3. The van der Waals surface area contributed by atoms with E-state index in [1.54, 1.807) is 0 Å². The van der Waals surface area contributed by atoms with Crippen molar-refractivity contribution in [2.45, 2.75) is 39.3 Å².